The summed E-state index contributed by atoms with van der Waals surface area (Å²) < 4.78 is 32.4. The third-order valence-corrected chi connectivity index (χ3v) is 17.2. The molecule has 0 N–H and O–H groups in total. The monoisotopic (exact) mass is 759 g/mol. The summed E-state index contributed by atoms with van der Waals surface area (Å²) in [6.07, 6.45) is 4.90. The maximum absolute atomic E-state index is 13.2. The molecule has 16 heteroatoms. The van der Waals surface area contributed by atoms with E-state index in [1.165, 1.54) is 36.7 Å². The summed E-state index contributed by atoms with van der Waals surface area (Å²) in [5, 5.41) is 22.0. The molecular formula is C31H25N3O6S7. The molecule has 9 nitrogen and oxygen atoms in total. The van der Waals surface area contributed by atoms with E-state index in [9.17, 15) is 28.6 Å². The number of nitrogens with zero attached hydrogens (tertiary/aromatic N) is 3. The number of thioether (sulfide) groups is 6. The van der Waals surface area contributed by atoms with Gasteiger partial charge in [-0.25, -0.2) is 12.4 Å². The number of nitro benzene ring substituents is 2. The summed E-state index contributed by atoms with van der Waals surface area (Å²) >= 11 is 10.1. The maximum Gasteiger partial charge on any atom is 0.269 e. The van der Waals surface area contributed by atoms with Gasteiger partial charge in [0.25, 0.3) is 21.4 Å². The summed E-state index contributed by atoms with van der Waals surface area (Å²) in [6.45, 7) is 1.92. The number of fused-ring (bicyclic) bond motifs is 1. The predicted molar refractivity (Wildman–Crippen MR) is 198 cm³/mol. The summed E-state index contributed by atoms with van der Waals surface area (Å²) in [6, 6.07) is 20.2. The van der Waals surface area contributed by atoms with Crippen LogP contribution in [0.15, 0.2) is 117 Å². The van der Waals surface area contributed by atoms with Crippen LogP contribution in [0.25, 0.3) is 0 Å². The molecule has 3 heterocycles. The standard InChI is InChI=1S/C31H25N3O6S7/c1-20-2-12-25(13-3-20)47(39,40)32-18-26-27(19-32)44-30(43-26)31-45-28(41-16-14-21-4-8-23(9-5-21)33(35)36)29(46-31)42-17-15-22-6-10-24(11-7-22)34(37)38/h2-13,18-19H,14-17H2,1H3. The maximum atomic E-state index is 13.2. The van der Waals surface area contributed by atoms with Crippen LogP contribution in [0.2, 0.25) is 0 Å². The van der Waals surface area contributed by atoms with Crippen LogP contribution in [0.3, 0.4) is 0 Å². The van der Waals surface area contributed by atoms with Crippen LogP contribution in [-0.2, 0) is 22.9 Å². The number of nitro groups is 2. The van der Waals surface area contributed by atoms with Crippen LogP contribution < -0.4 is 0 Å². The van der Waals surface area contributed by atoms with E-state index in [1.807, 2.05) is 6.92 Å². The fraction of sp³-hybridized carbons (Fsp3) is 0.161. The molecule has 1 aromatic heterocycles. The molecule has 242 valence electrons. The normalized spacial score (nSPS) is 14.6. The van der Waals surface area contributed by atoms with Gasteiger partial charge in [0.05, 0.1) is 31.7 Å². The molecule has 0 amide bonds. The Kier molecular flexibility index (Phi) is 10.8. The lowest BCUT2D eigenvalue weighted by Gasteiger charge is -2.07. The van der Waals surface area contributed by atoms with Gasteiger partial charge in [-0.15, -0.1) is 23.5 Å². The summed E-state index contributed by atoms with van der Waals surface area (Å²) in [7, 11) is -3.69. The molecule has 2 aliphatic heterocycles. The lowest BCUT2D eigenvalue weighted by molar-refractivity contribution is -0.385. The topological polar surface area (TPSA) is 125 Å². The highest BCUT2D eigenvalue weighted by Gasteiger charge is 2.31. The van der Waals surface area contributed by atoms with Crippen molar-refractivity contribution in [3.63, 3.8) is 0 Å². The van der Waals surface area contributed by atoms with Crippen molar-refractivity contribution in [2.75, 3.05) is 11.5 Å². The Morgan fingerprint density at radius 3 is 1.51 bits per heavy atom. The number of rotatable bonds is 12. The van der Waals surface area contributed by atoms with Gasteiger partial charge in [-0.1, -0.05) is 89.0 Å². The van der Waals surface area contributed by atoms with E-state index in [0.717, 1.165) is 59.3 Å². The summed E-state index contributed by atoms with van der Waals surface area (Å²) in [5.41, 5.74) is 3.21. The van der Waals surface area contributed by atoms with Gasteiger partial charge in [0.1, 0.15) is 0 Å². The Morgan fingerprint density at radius 2 is 1.09 bits per heavy atom. The second-order valence-corrected chi connectivity index (χ2v) is 19.5. The Hall–Kier alpha value is -2.73. The first-order chi connectivity index (χ1) is 22.6. The molecule has 0 radical (unpaired) electrons. The Bertz CT molecular complexity index is 1900. The van der Waals surface area contributed by atoms with E-state index in [-0.39, 0.29) is 16.3 Å². The molecular weight excluding hydrogens is 735 g/mol. The molecule has 4 aromatic rings. The van der Waals surface area contributed by atoms with Crippen molar-refractivity contribution < 1.29 is 18.3 Å². The SMILES string of the molecule is Cc1ccc(S(=O)(=O)n2cc3c(c2)SC(=C2SC(SCCc4ccc([N+](=O)[O-])cc4)=C(SCCc4ccc([N+](=O)[O-])cc4)S2)S3)cc1. The zero-order valence-corrected chi connectivity index (χ0v) is 30.3. The van der Waals surface area contributed by atoms with E-state index in [1.54, 1.807) is 131 Å². The average Bonchev–Trinajstić information content (AvgIpc) is 3.76. The molecule has 0 atom stereocenters. The molecule has 0 aliphatic carbocycles. The van der Waals surface area contributed by atoms with Crippen molar-refractivity contribution in [2.24, 2.45) is 0 Å². The minimum absolute atomic E-state index is 0.0762. The molecule has 6 rings (SSSR count). The number of hydrogen-bond donors (Lipinski definition) is 0. The molecule has 47 heavy (non-hydrogen) atoms. The fourth-order valence-electron chi connectivity index (χ4n) is 4.45. The van der Waals surface area contributed by atoms with Crippen LogP contribution in [0.4, 0.5) is 11.4 Å². The smallest absolute Gasteiger partial charge is 0.258 e. The molecule has 3 aromatic carbocycles. The van der Waals surface area contributed by atoms with E-state index in [0.29, 0.717) is 0 Å². The van der Waals surface area contributed by atoms with Gasteiger partial charge in [0.2, 0.25) is 0 Å². The van der Waals surface area contributed by atoms with Crippen LogP contribution in [0, 0.1) is 27.2 Å². The highest BCUT2D eigenvalue weighted by molar-refractivity contribution is 8.42. The minimum atomic E-state index is -3.69. The highest BCUT2D eigenvalue weighted by atomic mass is 32.3. The van der Waals surface area contributed by atoms with Crippen molar-refractivity contribution in [3.8, 4) is 0 Å². The highest BCUT2D eigenvalue weighted by Crippen LogP contribution is 2.64. The summed E-state index contributed by atoms with van der Waals surface area (Å²) in [5.74, 6) is 1.61. The van der Waals surface area contributed by atoms with Crippen LogP contribution in [0.1, 0.15) is 16.7 Å². The van der Waals surface area contributed by atoms with E-state index < -0.39 is 19.9 Å². The molecule has 0 fully saturated rings. The number of hydrogen-bond acceptors (Lipinski definition) is 12. The van der Waals surface area contributed by atoms with Crippen LogP contribution in [0.5, 0.6) is 0 Å². The van der Waals surface area contributed by atoms with Crippen molar-refractivity contribution in [1.82, 2.24) is 3.97 Å². The van der Waals surface area contributed by atoms with Gasteiger partial charge in [-0.2, -0.15) is 0 Å². The molecule has 0 bridgehead atoms. The van der Waals surface area contributed by atoms with Crippen LogP contribution in [-0.4, -0.2) is 33.7 Å². The van der Waals surface area contributed by atoms with Crippen LogP contribution >= 0.6 is 70.6 Å². The van der Waals surface area contributed by atoms with Gasteiger partial charge in [0, 0.05) is 58.0 Å². The van der Waals surface area contributed by atoms with Crippen molar-refractivity contribution in [2.45, 2.75) is 34.5 Å². The molecule has 0 unspecified atom stereocenters. The largest absolute Gasteiger partial charge is 0.269 e. The molecule has 0 saturated heterocycles. The van der Waals surface area contributed by atoms with Crippen molar-refractivity contribution >= 4 is 92.0 Å². The lowest BCUT2D eigenvalue weighted by Crippen LogP contribution is -2.10. The number of aryl methyl sites for hydroxylation is 3. The predicted octanol–water partition coefficient (Wildman–Crippen LogP) is 9.73. The summed E-state index contributed by atoms with van der Waals surface area (Å²) in [4.78, 5) is 23.3. The third kappa shape index (κ3) is 8.12. The lowest BCUT2D eigenvalue weighted by atomic mass is 10.1. The minimum Gasteiger partial charge on any atom is -0.258 e. The first-order valence-corrected chi connectivity index (χ1v) is 20.7. The van der Waals surface area contributed by atoms with Crippen molar-refractivity contribution in [1.29, 1.82) is 0 Å². The Labute approximate surface area is 297 Å². The molecule has 0 saturated carbocycles. The van der Waals surface area contributed by atoms with E-state index in [2.05, 4.69) is 0 Å². The Balaban J connectivity index is 1.14. The Morgan fingerprint density at radius 1 is 0.660 bits per heavy atom. The first-order valence-electron chi connectivity index (χ1n) is 14.0. The van der Waals surface area contributed by atoms with Gasteiger partial charge in [0.15, 0.2) is 0 Å². The number of non-ortho nitro benzene ring substituents is 2. The van der Waals surface area contributed by atoms with Gasteiger partial charge < -0.3 is 0 Å². The van der Waals surface area contributed by atoms with E-state index >= 15 is 0 Å². The third-order valence-electron chi connectivity index (χ3n) is 6.98. The van der Waals surface area contributed by atoms with E-state index in [4.69, 9.17) is 0 Å². The molecule has 2 aliphatic rings. The number of aromatic nitrogens is 1. The fourth-order valence-corrected chi connectivity index (χ4v) is 14.6. The zero-order chi connectivity index (χ0) is 33.1. The first kappa shape index (κ1) is 34.1. The number of benzene rings is 3. The second-order valence-electron chi connectivity index (χ2n) is 10.2. The van der Waals surface area contributed by atoms with Gasteiger partial charge in [-0.05, 0) is 43.0 Å². The second kappa shape index (κ2) is 14.8. The van der Waals surface area contributed by atoms with Gasteiger partial charge in [-0.3, -0.25) is 20.2 Å². The van der Waals surface area contributed by atoms with Gasteiger partial charge >= 0.3 is 0 Å². The zero-order valence-electron chi connectivity index (χ0n) is 24.6. The quantitative estimate of drug-likeness (QED) is 0.101. The molecule has 0 spiro atoms. The average molecular weight is 760 g/mol. The van der Waals surface area contributed by atoms with Crippen molar-refractivity contribution in [3.05, 3.63) is 139 Å².